The van der Waals surface area contributed by atoms with Gasteiger partial charge in [-0.1, -0.05) is 53.0 Å². The molecule has 3 rings (SSSR count). The Balaban J connectivity index is 1.85. The van der Waals surface area contributed by atoms with Crippen molar-refractivity contribution in [3.63, 3.8) is 0 Å². The van der Waals surface area contributed by atoms with Crippen LogP contribution in [0.3, 0.4) is 0 Å². The zero-order valence-electron chi connectivity index (χ0n) is 9.89. The number of para-hydroxylation sites is 1. The molecular weight excluding hydrogens is 323 g/mol. The van der Waals surface area contributed by atoms with E-state index in [4.69, 9.17) is 43.6 Å². The van der Waals surface area contributed by atoms with Crippen LogP contribution in [0.5, 0.6) is 0 Å². The van der Waals surface area contributed by atoms with E-state index in [9.17, 15) is 0 Å². The van der Waals surface area contributed by atoms with Gasteiger partial charge in [0.15, 0.2) is 0 Å². The molecular formula is C13H7Cl3N2O2. The summed E-state index contributed by atoms with van der Waals surface area (Å²) in [5.41, 5.74) is 0.805. The van der Waals surface area contributed by atoms with Gasteiger partial charge in [-0.15, -0.1) is 10.2 Å². The molecule has 0 aliphatic rings. The van der Waals surface area contributed by atoms with E-state index in [0.29, 0.717) is 5.76 Å². The molecule has 0 radical (unpaired) electrons. The van der Waals surface area contributed by atoms with Crippen LogP contribution in [0.1, 0.15) is 17.5 Å². The van der Waals surface area contributed by atoms with Crippen molar-refractivity contribution in [2.24, 2.45) is 0 Å². The average Bonchev–Trinajstić information content (AvgIpc) is 3.02. The number of aromatic nitrogens is 2. The second-order valence-corrected chi connectivity index (χ2v) is 6.24. The van der Waals surface area contributed by atoms with E-state index in [0.717, 1.165) is 11.0 Å². The normalized spacial score (nSPS) is 12.6. The van der Waals surface area contributed by atoms with E-state index < -0.39 is 3.79 Å². The third-order valence-corrected chi connectivity index (χ3v) is 3.00. The number of rotatable bonds is 2. The molecule has 3 aromatic rings. The highest BCUT2D eigenvalue weighted by atomic mass is 35.6. The number of hydrogen-bond acceptors (Lipinski definition) is 4. The first-order chi connectivity index (χ1) is 9.52. The molecule has 0 fully saturated rings. The van der Waals surface area contributed by atoms with Gasteiger partial charge in [0.25, 0.3) is 9.68 Å². The Bertz CT molecular complexity index is 738. The maximum atomic E-state index is 5.63. The molecule has 2 aromatic heterocycles. The fourth-order valence-electron chi connectivity index (χ4n) is 1.65. The van der Waals surface area contributed by atoms with Crippen molar-refractivity contribution in [3.05, 3.63) is 47.9 Å². The SMILES string of the molecule is ClC(Cl)(Cl)c1nnc(/C=C/c2cc3ccccc3o2)o1. The molecule has 0 atom stereocenters. The Kier molecular flexibility index (Phi) is 3.46. The summed E-state index contributed by atoms with van der Waals surface area (Å²) in [6, 6.07) is 9.60. The second kappa shape index (κ2) is 5.13. The largest absolute Gasteiger partial charge is 0.457 e. The van der Waals surface area contributed by atoms with Gasteiger partial charge >= 0.3 is 0 Å². The summed E-state index contributed by atoms with van der Waals surface area (Å²) in [6.45, 7) is 0. The fraction of sp³-hybridized carbons (Fsp3) is 0.0769. The van der Waals surface area contributed by atoms with Crippen molar-refractivity contribution < 1.29 is 8.83 Å². The molecule has 0 spiro atoms. The van der Waals surface area contributed by atoms with Crippen molar-refractivity contribution in [3.8, 4) is 0 Å². The summed E-state index contributed by atoms with van der Waals surface area (Å²) in [4.78, 5) is 0. The number of hydrogen-bond donors (Lipinski definition) is 0. The van der Waals surface area contributed by atoms with Gasteiger partial charge in [-0.25, -0.2) is 0 Å². The zero-order chi connectivity index (χ0) is 14.2. The highest BCUT2D eigenvalue weighted by Crippen LogP contribution is 2.37. The summed E-state index contributed by atoms with van der Waals surface area (Å²) in [5, 5.41) is 8.41. The van der Waals surface area contributed by atoms with Crippen LogP contribution in [-0.4, -0.2) is 10.2 Å². The molecule has 1 aromatic carbocycles. The standard InChI is InChI=1S/C13H7Cl3N2O2/c14-13(15,16)12-18-17-11(20-12)6-5-9-7-8-3-1-2-4-10(8)19-9/h1-7H/b6-5+. The van der Waals surface area contributed by atoms with Crippen LogP contribution in [0.2, 0.25) is 0 Å². The molecule has 0 aliphatic carbocycles. The van der Waals surface area contributed by atoms with Crippen LogP contribution in [0.15, 0.2) is 39.2 Å². The molecule has 0 unspecified atom stereocenters. The quantitative estimate of drug-likeness (QED) is 0.633. The van der Waals surface area contributed by atoms with E-state index in [2.05, 4.69) is 10.2 Å². The topological polar surface area (TPSA) is 52.1 Å². The second-order valence-electron chi connectivity index (χ2n) is 3.96. The minimum atomic E-state index is -1.72. The Morgan fingerprint density at radius 3 is 2.50 bits per heavy atom. The maximum absolute atomic E-state index is 5.63. The lowest BCUT2D eigenvalue weighted by Crippen LogP contribution is -1.99. The first kappa shape index (κ1) is 13.5. The van der Waals surface area contributed by atoms with Crippen LogP contribution in [0.4, 0.5) is 0 Å². The highest BCUT2D eigenvalue weighted by Gasteiger charge is 2.29. The summed E-state index contributed by atoms with van der Waals surface area (Å²) in [6.07, 6.45) is 3.29. The van der Waals surface area contributed by atoms with Crippen LogP contribution in [0.25, 0.3) is 23.1 Å². The van der Waals surface area contributed by atoms with Crippen molar-refractivity contribution in [1.82, 2.24) is 10.2 Å². The maximum Gasteiger partial charge on any atom is 0.268 e. The van der Waals surface area contributed by atoms with E-state index in [1.165, 1.54) is 0 Å². The summed E-state index contributed by atoms with van der Waals surface area (Å²) in [5.74, 6) is 0.818. The third-order valence-electron chi connectivity index (χ3n) is 2.52. The fourth-order valence-corrected chi connectivity index (χ4v) is 1.88. The van der Waals surface area contributed by atoms with Gasteiger partial charge in [-0.2, -0.15) is 0 Å². The van der Waals surface area contributed by atoms with Crippen molar-refractivity contribution in [2.75, 3.05) is 0 Å². The van der Waals surface area contributed by atoms with E-state index in [1.807, 2.05) is 30.3 Å². The molecule has 4 nitrogen and oxygen atoms in total. The minimum Gasteiger partial charge on any atom is -0.457 e. The molecule has 0 saturated heterocycles. The summed E-state index contributed by atoms with van der Waals surface area (Å²) < 4.78 is 9.08. The predicted molar refractivity (Wildman–Crippen MR) is 78.7 cm³/mol. The summed E-state index contributed by atoms with van der Waals surface area (Å²) in [7, 11) is 0. The Labute approximate surface area is 128 Å². The number of furan rings is 1. The molecule has 7 heteroatoms. The Morgan fingerprint density at radius 1 is 1.00 bits per heavy atom. The van der Waals surface area contributed by atoms with Crippen molar-refractivity contribution >= 4 is 57.9 Å². The minimum absolute atomic E-state index is 0.0771. The van der Waals surface area contributed by atoms with Gasteiger partial charge in [0.05, 0.1) is 0 Å². The lowest BCUT2D eigenvalue weighted by atomic mass is 10.2. The Hall–Kier alpha value is -1.49. The van der Waals surface area contributed by atoms with Crippen molar-refractivity contribution in [1.29, 1.82) is 0 Å². The molecule has 0 amide bonds. The van der Waals surface area contributed by atoms with Gasteiger partial charge in [-0.05, 0) is 18.2 Å². The van der Waals surface area contributed by atoms with Gasteiger partial charge in [0.2, 0.25) is 5.89 Å². The predicted octanol–water partition coefficient (Wildman–Crippen LogP) is 4.81. The zero-order valence-corrected chi connectivity index (χ0v) is 12.2. The first-order valence-electron chi connectivity index (χ1n) is 5.60. The lowest BCUT2D eigenvalue weighted by molar-refractivity contribution is 0.493. The Morgan fingerprint density at radius 2 is 1.80 bits per heavy atom. The van der Waals surface area contributed by atoms with Crippen LogP contribution in [0, 0.1) is 0 Å². The molecule has 0 saturated carbocycles. The smallest absolute Gasteiger partial charge is 0.268 e. The monoisotopic (exact) mass is 328 g/mol. The van der Waals surface area contributed by atoms with Crippen LogP contribution < -0.4 is 0 Å². The van der Waals surface area contributed by atoms with E-state index >= 15 is 0 Å². The molecule has 102 valence electrons. The number of nitrogens with zero attached hydrogens (tertiary/aromatic N) is 2. The number of halogens is 3. The van der Waals surface area contributed by atoms with Gasteiger partial charge in [-0.3, -0.25) is 0 Å². The number of alkyl halides is 3. The number of fused-ring (bicyclic) bond motifs is 1. The average molecular weight is 330 g/mol. The molecule has 2 heterocycles. The first-order valence-corrected chi connectivity index (χ1v) is 6.73. The number of benzene rings is 1. The van der Waals surface area contributed by atoms with Crippen LogP contribution in [-0.2, 0) is 3.79 Å². The molecule has 0 bridgehead atoms. The highest BCUT2D eigenvalue weighted by molar-refractivity contribution is 6.66. The van der Waals surface area contributed by atoms with E-state index in [1.54, 1.807) is 12.2 Å². The molecule has 0 aliphatic heterocycles. The molecule has 0 N–H and O–H groups in total. The van der Waals surface area contributed by atoms with E-state index in [-0.39, 0.29) is 11.8 Å². The third kappa shape index (κ3) is 2.82. The lowest BCUT2D eigenvalue weighted by Gasteiger charge is -2.01. The van der Waals surface area contributed by atoms with Gasteiger partial charge in [0, 0.05) is 11.5 Å². The van der Waals surface area contributed by atoms with Gasteiger partial charge in [0.1, 0.15) is 11.3 Å². The van der Waals surface area contributed by atoms with Crippen molar-refractivity contribution in [2.45, 2.75) is 3.79 Å². The van der Waals surface area contributed by atoms with Crippen LogP contribution >= 0.6 is 34.8 Å². The van der Waals surface area contributed by atoms with Gasteiger partial charge < -0.3 is 8.83 Å². The molecule has 20 heavy (non-hydrogen) atoms. The summed E-state index contributed by atoms with van der Waals surface area (Å²) >= 11 is 16.9.